The molecule has 1 atom stereocenters. The highest BCUT2D eigenvalue weighted by Gasteiger charge is 2.40. The van der Waals surface area contributed by atoms with E-state index in [1.165, 1.54) is 0 Å². The van der Waals surface area contributed by atoms with E-state index in [1.807, 2.05) is 4.90 Å². The number of aromatic nitrogens is 2. The number of hydrogen-bond acceptors (Lipinski definition) is 5. The lowest BCUT2D eigenvalue weighted by molar-refractivity contribution is -0.140. The lowest BCUT2D eigenvalue weighted by atomic mass is 9.88. The highest BCUT2D eigenvalue weighted by Crippen LogP contribution is 2.28. The minimum absolute atomic E-state index is 0.226. The van der Waals surface area contributed by atoms with Gasteiger partial charge in [-0.05, 0) is 35.8 Å². The van der Waals surface area contributed by atoms with Crippen molar-refractivity contribution in [3.8, 4) is 0 Å². The average Bonchev–Trinajstić information content (AvgIpc) is 2.96. The summed E-state index contributed by atoms with van der Waals surface area (Å²) in [5, 5.41) is 3.29. The van der Waals surface area contributed by atoms with Crippen LogP contribution < -0.4 is 10.2 Å². The summed E-state index contributed by atoms with van der Waals surface area (Å²) >= 11 is 3.34. The molecule has 7 heteroatoms. The summed E-state index contributed by atoms with van der Waals surface area (Å²) in [4.78, 5) is 25.4. The number of nitrogens with one attached hydrogen (secondary N) is 1. The Morgan fingerprint density at radius 2 is 1.95 bits per heavy atom. The maximum Gasteiger partial charge on any atom is 0.229 e. The van der Waals surface area contributed by atoms with Crippen LogP contribution >= 0.6 is 15.9 Å². The third-order valence-electron chi connectivity index (χ3n) is 4.34. The molecule has 0 aromatic carbocycles. The van der Waals surface area contributed by atoms with Crippen molar-refractivity contribution in [3.63, 3.8) is 0 Å². The third-order valence-corrected chi connectivity index (χ3v) is 4.75. The van der Waals surface area contributed by atoms with Crippen molar-refractivity contribution in [2.24, 2.45) is 5.41 Å². The molecule has 3 rings (SSSR count). The number of carbonyl (C=O) groups is 1. The molecule has 2 fully saturated rings. The summed E-state index contributed by atoms with van der Waals surface area (Å²) in [6, 6.07) is 0. The molecule has 1 aromatic heterocycles. The van der Waals surface area contributed by atoms with Crippen LogP contribution in [0.2, 0.25) is 0 Å². The van der Waals surface area contributed by atoms with Gasteiger partial charge in [0, 0.05) is 45.1 Å². The minimum Gasteiger partial charge on any atom is -0.339 e. The van der Waals surface area contributed by atoms with Crippen LogP contribution in [0, 0.1) is 5.41 Å². The fraction of sp³-hybridized carbons (Fsp3) is 0.643. The van der Waals surface area contributed by atoms with Gasteiger partial charge < -0.3 is 15.1 Å². The Morgan fingerprint density at radius 1 is 1.29 bits per heavy atom. The Balaban J connectivity index is 1.60. The number of amides is 1. The first-order valence-electron chi connectivity index (χ1n) is 7.31. The lowest BCUT2D eigenvalue weighted by Crippen LogP contribution is -2.53. The second-order valence-electron chi connectivity index (χ2n) is 5.97. The Labute approximate surface area is 133 Å². The Kier molecular flexibility index (Phi) is 4.12. The van der Waals surface area contributed by atoms with E-state index in [0.717, 1.165) is 56.1 Å². The lowest BCUT2D eigenvalue weighted by Gasteiger charge is -2.38. The predicted molar refractivity (Wildman–Crippen MR) is 84.1 cm³/mol. The van der Waals surface area contributed by atoms with Crippen LogP contribution in [0.1, 0.15) is 13.3 Å². The molecule has 0 bridgehead atoms. The van der Waals surface area contributed by atoms with E-state index in [-0.39, 0.29) is 11.3 Å². The van der Waals surface area contributed by atoms with Gasteiger partial charge in [0.15, 0.2) is 0 Å². The highest BCUT2D eigenvalue weighted by molar-refractivity contribution is 9.10. The minimum atomic E-state index is -0.226. The van der Waals surface area contributed by atoms with Gasteiger partial charge >= 0.3 is 0 Å². The summed E-state index contributed by atoms with van der Waals surface area (Å²) in [6.45, 7) is 6.87. The van der Waals surface area contributed by atoms with Gasteiger partial charge in [-0.25, -0.2) is 9.97 Å². The maximum absolute atomic E-state index is 12.6. The van der Waals surface area contributed by atoms with E-state index in [0.29, 0.717) is 0 Å². The standard InChI is InChI=1S/C14H20BrN5O/c1-14(2-3-16-10-14)12(21)19-4-6-20(7-5-19)13-17-8-11(15)9-18-13/h8-9,16H,2-7,10H2,1H3. The van der Waals surface area contributed by atoms with E-state index in [2.05, 4.69) is 43.0 Å². The van der Waals surface area contributed by atoms with Crippen LogP contribution in [0.5, 0.6) is 0 Å². The van der Waals surface area contributed by atoms with Gasteiger partial charge in [0.25, 0.3) is 0 Å². The summed E-state index contributed by atoms with van der Waals surface area (Å²) in [7, 11) is 0. The molecule has 2 aliphatic rings. The summed E-state index contributed by atoms with van der Waals surface area (Å²) < 4.78 is 0.877. The van der Waals surface area contributed by atoms with E-state index >= 15 is 0 Å². The first kappa shape index (κ1) is 14.7. The van der Waals surface area contributed by atoms with Crippen molar-refractivity contribution < 1.29 is 4.79 Å². The first-order chi connectivity index (χ1) is 10.1. The highest BCUT2D eigenvalue weighted by atomic mass is 79.9. The van der Waals surface area contributed by atoms with Gasteiger partial charge in [-0.15, -0.1) is 0 Å². The van der Waals surface area contributed by atoms with Gasteiger partial charge in [0.1, 0.15) is 0 Å². The van der Waals surface area contributed by atoms with E-state index in [1.54, 1.807) is 12.4 Å². The number of carbonyl (C=O) groups excluding carboxylic acids is 1. The predicted octanol–water partition coefficient (Wildman–Crippen LogP) is 0.887. The number of anilines is 1. The number of nitrogens with zero attached hydrogens (tertiary/aromatic N) is 4. The monoisotopic (exact) mass is 353 g/mol. The SMILES string of the molecule is CC1(C(=O)N2CCN(c3ncc(Br)cn3)CC2)CCNC1. The van der Waals surface area contributed by atoms with Gasteiger partial charge in [0.2, 0.25) is 11.9 Å². The number of hydrogen-bond donors (Lipinski definition) is 1. The van der Waals surface area contributed by atoms with Gasteiger partial charge in [0.05, 0.1) is 9.89 Å². The third kappa shape index (κ3) is 3.03. The molecular weight excluding hydrogens is 334 g/mol. The molecule has 2 saturated heterocycles. The van der Waals surface area contributed by atoms with E-state index in [4.69, 9.17) is 0 Å². The van der Waals surface area contributed by atoms with E-state index < -0.39 is 0 Å². The molecule has 0 aliphatic carbocycles. The van der Waals surface area contributed by atoms with Crippen LogP contribution in [0.4, 0.5) is 5.95 Å². The Hall–Kier alpha value is -1.21. The Morgan fingerprint density at radius 3 is 2.52 bits per heavy atom. The zero-order valence-electron chi connectivity index (χ0n) is 12.2. The zero-order chi connectivity index (χ0) is 14.9. The largest absolute Gasteiger partial charge is 0.339 e. The van der Waals surface area contributed by atoms with Gasteiger partial charge in [-0.2, -0.15) is 0 Å². The molecule has 114 valence electrons. The van der Waals surface area contributed by atoms with Gasteiger partial charge in [-0.1, -0.05) is 0 Å². The second-order valence-corrected chi connectivity index (χ2v) is 6.88. The fourth-order valence-electron chi connectivity index (χ4n) is 2.96. The second kappa shape index (κ2) is 5.88. The molecule has 0 radical (unpaired) electrons. The molecule has 0 saturated carbocycles. The van der Waals surface area contributed by atoms with Crippen molar-refractivity contribution in [3.05, 3.63) is 16.9 Å². The van der Waals surface area contributed by atoms with Crippen LogP contribution in [0.25, 0.3) is 0 Å². The molecule has 21 heavy (non-hydrogen) atoms. The van der Waals surface area contributed by atoms with Crippen molar-refractivity contribution in [2.45, 2.75) is 13.3 Å². The molecule has 1 amide bonds. The maximum atomic E-state index is 12.6. The smallest absolute Gasteiger partial charge is 0.229 e. The van der Waals surface area contributed by atoms with Crippen LogP contribution in [-0.2, 0) is 4.79 Å². The normalized spacial score (nSPS) is 26.2. The first-order valence-corrected chi connectivity index (χ1v) is 8.10. The molecule has 1 unspecified atom stereocenters. The van der Waals surface area contributed by atoms with Crippen LogP contribution in [0.3, 0.4) is 0 Å². The molecule has 1 aromatic rings. The molecular formula is C14H20BrN5O. The number of rotatable bonds is 2. The van der Waals surface area contributed by atoms with Crippen molar-refractivity contribution in [1.82, 2.24) is 20.2 Å². The fourth-order valence-corrected chi connectivity index (χ4v) is 3.16. The molecule has 3 heterocycles. The zero-order valence-corrected chi connectivity index (χ0v) is 13.8. The molecule has 2 aliphatic heterocycles. The van der Waals surface area contributed by atoms with Crippen LogP contribution in [-0.4, -0.2) is 60.0 Å². The number of halogens is 1. The number of piperazine rings is 1. The topological polar surface area (TPSA) is 61.4 Å². The molecule has 1 N–H and O–H groups in total. The summed E-state index contributed by atoms with van der Waals surface area (Å²) in [5.74, 6) is 1.02. The van der Waals surface area contributed by atoms with Crippen LogP contribution in [0.15, 0.2) is 16.9 Å². The average molecular weight is 354 g/mol. The summed E-state index contributed by atoms with van der Waals surface area (Å²) in [5.41, 5.74) is -0.226. The quantitative estimate of drug-likeness (QED) is 0.855. The molecule has 6 nitrogen and oxygen atoms in total. The van der Waals surface area contributed by atoms with Crippen molar-refractivity contribution in [1.29, 1.82) is 0 Å². The van der Waals surface area contributed by atoms with E-state index in [9.17, 15) is 4.79 Å². The van der Waals surface area contributed by atoms with Gasteiger partial charge in [-0.3, -0.25) is 4.79 Å². The van der Waals surface area contributed by atoms with Crippen molar-refractivity contribution >= 4 is 27.8 Å². The van der Waals surface area contributed by atoms with Crippen molar-refractivity contribution in [2.75, 3.05) is 44.2 Å². The Bertz CT molecular complexity index is 507. The molecule has 0 spiro atoms. The summed E-state index contributed by atoms with van der Waals surface area (Å²) in [6.07, 6.45) is 4.44.